The van der Waals surface area contributed by atoms with E-state index in [0.717, 1.165) is 55.6 Å². The van der Waals surface area contributed by atoms with E-state index in [1.54, 1.807) is 17.0 Å². The first-order valence-corrected chi connectivity index (χ1v) is 12.1. The van der Waals surface area contributed by atoms with E-state index < -0.39 is 23.6 Å². The van der Waals surface area contributed by atoms with Crippen LogP contribution < -0.4 is 5.32 Å². The molecule has 1 heterocycles. The molecule has 2 aromatic carbocycles. The molecular formula is C27H28F4N4O. The molecule has 190 valence electrons. The molecule has 1 aliphatic carbocycles. The number of benzene rings is 2. The zero-order chi connectivity index (χ0) is 25.7. The van der Waals surface area contributed by atoms with Crippen LogP contribution in [0.5, 0.6) is 0 Å². The van der Waals surface area contributed by atoms with Crippen molar-refractivity contribution in [2.45, 2.75) is 44.3 Å². The Morgan fingerprint density at radius 2 is 1.86 bits per heavy atom. The Kier molecular flexibility index (Phi) is 7.94. The van der Waals surface area contributed by atoms with Gasteiger partial charge in [-0.25, -0.2) is 9.18 Å². The van der Waals surface area contributed by atoms with E-state index >= 15 is 0 Å². The van der Waals surface area contributed by atoms with Crippen molar-refractivity contribution in [3.05, 3.63) is 71.0 Å². The molecule has 9 heteroatoms. The molecule has 0 aromatic heterocycles. The van der Waals surface area contributed by atoms with E-state index in [-0.39, 0.29) is 11.7 Å². The van der Waals surface area contributed by atoms with Crippen LogP contribution in [0.1, 0.15) is 48.8 Å². The van der Waals surface area contributed by atoms with Crippen LogP contribution in [0.3, 0.4) is 0 Å². The number of likely N-dealkylation sites (tertiary alicyclic amines) is 1. The van der Waals surface area contributed by atoms with Crippen LogP contribution in [0.4, 0.5) is 28.0 Å². The summed E-state index contributed by atoms with van der Waals surface area (Å²) in [5.41, 5.74) is 1.27. The lowest BCUT2D eigenvalue weighted by molar-refractivity contribution is -0.139. The first-order valence-electron chi connectivity index (χ1n) is 12.1. The summed E-state index contributed by atoms with van der Waals surface area (Å²) in [6, 6.07) is 11.4. The average molecular weight is 501 g/mol. The molecule has 2 amide bonds. The van der Waals surface area contributed by atoms with Crippen molar-refractivity contribution in [2.75, 3.05) is 31.5 Å². The minimum absolute atomic E-state index is 0.0930. The van der Waals surface area contributed by atoms with Crippen molar-refractivity contribution in [3.8, 4) is 6.07 Å². The van der Waals surface area contributed by atoms with Gasteiger partial charge in [-0.1, -0.05) is 18.2 Å². The summed E-state index contributed by atoms with van der Waals surface area (Å²) in [6.07, 6.45) is 1.51. The predicted octanol–water partition coefficient (Wildman–Crippen LogP) is 6.28. The van der Waals surface area contributed by atoms with Crippen molar-refractivity contribution in [1.29, 1.82) is 5.26 Å². The van der Waals surface area contributed by atoms with Crippen LogP contribution in [0.2, 0.25) is 0 Å². The highest BCUT2D eigenvalue weighted by Crippen LogP contribution is 2.34. The number of urea groups is 1. The van der Waals surface area contributed by atoms with Crippen molar-refractivity contribution in [3.63, 3.8) is 0 Å². The molecular weight excluding hydrogens is 472 g/mol. The monoisotopic (exact) mass is 500 g/mol. The third kappa shape index (κ3) is 6.24. The number of allylic oxidation sites excluding steroid dienone is 1. The third-order valence-electron chi connectivity index (χ3n) is 6.85. The maximum Gasteiger partial charge on any atom is 0.419 e. The van der Waals surface area contributed by atoms with E-state index in [0.29, 0.717) is 37.6 Å². The van der Waals surface area contributed by atoms with Crippen LogP contribution in [-0.4, -0.2) is 48.1 Å². The fourth-order valence-corrected chi connectivity index (χ4v) is 4.85. The second-order valence-electron chi connectivity index (χ2n) is 9.21. The number of nitrogens with zero attached hydrogens (tertiary/aromatic N) is 3. The summed E-state index contributed by atoms with van der Waals surface area (Å²) >= 11 is 0. The molecule has 2 aliphatic rings. The molecule has 4 rings (SSSR count). The lowest BCUT2D eigenvalue weighted by Gasteiger charge is -2.35. The van der Waals surface area contributed by atoms with Gasteiger partial charge in [0.05, 0.1) is 17.2 Å². The van der Waals surface area contributed by atoms with Gasteiger partial charge in [0, 0.05) is 24.8 Å². The first-order chi connectivity index (χ1) is 17.2. The molecule has 1 unspecified atom stereocenters. The van der Waals surface area contributed by atoms with Gasteiger partial charge in [0.2, 0.25) is 0 Å². The van der Waals surface area contributed by atoms with Gasteiger partial charge >= 0.3 is 12.2 Å². The maximum absolute atomic E-state index is 13.7. The Bertz CT molecular complexity index is 1150. The van der Waals surface area contributed by atoms with E-state index in [1.807, 2.05) is 12.1 Å². The standard InChI is InChI=1S/C27H28F4N4O/c28-25-12-9-22(17-24(25)27(29,30)31)33-26(36)35(16-15-34-13-1-2-14-34)23-10-7-21(8-11-23)20-5-3-19(18-32)4-6-20/h3-7,9,12,17,23H,1-2,8,10-11,13-16H2,(H,33,36). The SMILES string of the molecule is N#Cc1ccc(C2=CCC(N(CCN3CCCC3)C(=O)Nc3ccc(F)c(C(F)(F)F)c3)CC2)cc1. The summed E-state index contributed by atoms with van der Waals surface area (Å²) in [4.78, 5) is 17.2. The minimum atomic E-state index is -4.85. The maximum atomic E-state index is 13.7. The minimum Gasteiger partial charge on any atom is -0.320 e. The summed E-state index contributed by atoms with van der Waals surface area (Å²) in [5, 5.41) is 11.6. The number of rotatable bonds is 6. The van der Waals surface area contributed by atoms with Crippen molar-refractivity contribution in [1.82, 2.24) is 9.80 Å². The molecule has 36 heavy (non-hydrogen) atoms. The Hall–Kier alpha value is -3.38. The second-order valence-corrected chi connectivity index (χ2v) is 9.21. The average Bonchev–Trinajstić information content (AvgIpc) is 3.39. The zero-order valence-corrected chi connectivity index (χ0v) is 19.8. The van der Waals surface area contributed by atoms with Gasteiger partial charge in [-0.2, -0.15) is 18.4 Å². The van der Waals surface area contributed by atoms with E-state index in [4.69, 9.17) is 5.26 Å². The number of hydrogen-bond donors (Lipinski definition) is 1. The number of alkyl halides is 3. The molecule has 1 fully saturated rings. The number of hydrogen-bond acceptors (Lipinski definition) is 3. The smallest absolute Gasteiger partial charge is 0.320 e. The molecule has 1 aliphatic heterocycles. The number of carbonyl (C=O) groups is 1. The number of amides is 2. The number of halogens is 4. The van der Waals surface area contributed by atoms with Crippen LogP contribution in [0.15, 0.2) is 48.5 Å². The highest BCUT2D eigenvalue weighted by molar-refractivity contribution is 5.89. The van der Waals surface area contributed by atoms with Crippen molar-refractivity contribution < 1.29 is 22.4 Å². The van der Waals surface area contributed by atoms with E-state index in [1.165, 1.54) is 0 Å². The fraction of sp³-hybridized carbons (Fsp3) is 0.407. The Balaban J connectivity index is 1.49. The fourth-order valence-electron chi connectivity index (χ4n) is 4.85. The Morgan fingerprint density at radius 3 is 2.47 bits per heavy atom. The molecule has 1 saturated heterocycles. The normalized spacial score (nSPS) is 18.4. The lowest BCUT2D eigenvalue weighted by Crippen LogP contribution is -2.47. The van der Waals surface area contributed by atoms with Gasteiger partial charge in [0.1, 0.15) is 5.82 Å². The molecule has 5 nitrogen and oxygen atoms in total. The van der Waals surface area contributed by atoms with E-state index in [9.17, 15) is 22.4 Å². The van der Waals surface area contributed by atoms with Crippen molar-refractivity contribution in [2.24, 2.45) is 0 Å². The predicted molar refractivity (Wildman–Crippen MR) is 130 cm³/mol. The van der Waals surface area contributed by atoms with Crippen LogP contribution in [0, 0.1) is 17.1 Å². The van der Waals surface area contributed by atoms with Crippen LogP contribution in [-0.2, 0) is 6.18 Å². The Labute approximate surface area is 208 Å². The first kappa shape index (κ1) is 25.7. The van der Waals surface area contributed by atoms with Gasteiger partial charge in [-0.15, -0.1) is 0 Å². The quantitative estimate of drug-likeness (QED) is 0.475. The van der Waals surface area contributed by atoms with Gasteiger partial charge in [-0.3, -0.25) is 0 Å². The highest BCUT2D eigenvalue weighted by Gasteiger charge is 2.35. The molecule has 2 aromatic rings. The van der Waals surface area contributed by atoms with Gasteiger partial charge in [0.25, 0.3) is 0 Å². The van der Waals surface area contributed by atoms with Gasteiger partial charge < -0.3 is 15.1 Å². The third-order valence-corrected chi connectivity index (χ3v) is 6.85. The van der Waals surface area contributed by atoms with E-state index in [2.05, 4.69) is 22.4 Å². The molecule has 0 spiro atoms. The molecule has 0 bridgehead atoms. The summed E-state index contributed by atoms with van der Waals surface area (Å²) < 4.78 is 53.1. The zero-order valence-electron chi connectivity index (χ0n) is 19.8. The largest absolute Gasteiger partial charge is 0.419 e. The molecule has 1 N–H and O–H groups in total. The van der Waals surface area contributed by atoms with Gasteiger partial charge in [-0.05, 0) is 86.7 Å². The molecule has 1 atom stereocenters. The number of nitriles is 1. The van der Waals surface area contributed by atoms with Crippen LogP contribution in [0.25, 0.3) is 5.57 Å². The lowest BCUT2D eigenvalue weighted by atomic mass is 9.89. The second kappa shape index (κ2) is 11.1. The number of anilines is 1. The molecule has 0 saturated carbocycles. The van der Waals surface area contributed by atoms with Crippen molar-refractivity contribution >= 4 is 17.3 Å². The van der Waals surface area contributed by atoms with Gasteiger partial charge in [0.15, 0.2) is 0 Å². The van der Waals surface area contributed by atoms with Crippen LogP contribution >= 0.6 is 0 Å². The number of nitrogens with one attached hydrogen (secondary N) is 1. The summed E-state index contributed by atoms with van der Waals surface area (Å²) in [7, 11) is 0. The number of carbonyl (C=O) groups excluding carboxylic acids is 1. The summed E-state index contributed by atoms with van der Waals surface area (Å²) in [6.45, 7) is 3.07. The topological polar surface area (TPSA) is 59.4 Å². The highest BCUT2D eigenvalue weighted by atomic mass is 19.4. The Morgan fingerprint density at radius 1 is 1.14 bits per heavy atom. The summed E-state index contributed by atoms with van der Waals surface area (Å²) in [5.74, 6) is -1.38. The molecule has 0 radical (unpaired) electrons.